The summed E-state index contributed by atoms with van der Waals surface area (Å²) in [4.78, 5) is 15.5. The van der Waals surface area contributed by atoms with Crippen LogP contribution in [0.4, 0.5) is 0 Å². The lowest BCUT2D eigenvalue weighted by Crippen LogP contribution is -2.19. The van der Waals surface area contributed by atoms with Gasteiger partial charge in [0, 0.05) is 0 Å². The van der Waals surface area contributed by atoms with Gasteiger partial charge in [0.25, 0.3) is 5.56 Å². The summed E-state index contributed by atoms with van der Waals surface area (Å²) in [7, 11) is 0. The maximum Gasteiger partial charge on any atom is 0.276 e. The van der Waals surface area contributed by atoms with Crippen molar-refractivity contribution in [2.75, 3.05) is 0 Å². The number of halogens is 2. The number of thiophene rings is 1. The smallest absolute Gasteiger partial charge is 0.276 e. The first-order chi connectivity index (χ1) is 9.09. The van der Waals surface area contributed by atoms with Gasteiger partial charge >= 0.3 is 0 Å². The zero-order valence-corrected chi connectivity index (χ0v) is 12.5. The summed E-state index contributed by atoms with van der Waals surface area (Å²) in [5.41, 5.74) is 1.02. The summed E-state index contributed by atoms with van der Waals surface area (Å²) in [6.45, 7) is 0. The molecule has 1 aromatic carbocycles. The quantitative estimate of drug-likeness (QED) is 0.671. The summed E-state index contributed by atoms with van der Waals surface area (Å²) in [6.07, 6.45) is 0. The Morgan fingerprint density at radius 2 is 2.05 bits per heavy atom. The predicted molar refractivity (Wildman–Crippen MR) is 82.6 cm³/mol. The third-order valence-electron chi connectivity index (χ3n) is 2.68. The van der Waals surface area contributed by atoms with Crippen LogP contribution in [0.25, 0.3) is 15.9 Å². The van der Waals surface area contributed by atoms with Crippen LogP contribution in [-0.2, 0) is 0 Å². The van der Waals surface area contributed by atoms with Gasteiger partial charge in [-0.3, -0.25) is 9.36 Å². The highest BCUT2D eigenvalue weighted by molar-refractivity contribution is 7.71. The molecule has 0 radical (unpaired) electrons. The lowest BCUT2D eigenvalue weighted by molar-refractivity contribution is 0.944. The van der Waals surface area contributed by atoms with E-state index < -0.39 is 0 Å². The Bertz CT molecular complexity index is 895. The number of fused-ring (bicyclic) bond motifs is 1. The Labute approximate surface area is 127 Å². The van der Waals surface area contributed by atoms with Gasteiger partial charge in [0.05, 0.1) is 21.2 Å². The third kappa shape index (κ3) is 2.03. The molecule has 3 aromatic rings. The van der Waals surface area contributed by atoms with Gasteiger partial charge in [-0.1, -0.05) is 29.3 Å². The van der Waals surface area contributed by atoms with Gasteiger partial charge in [-0.15, -0.1) is 11.3 Å². The minimum Gasteiger partial charge on any atom is -0.331 e. The van der Waals surface area contributed by atoms with Gasteiger partial charge in [0.1, 0.15) is 4.70 Å². The molecular weight excluding hydrogens is 323 g/mol. The van der Waals surface area contributed by atoms with Crippen LogP contribution in [0.15, 0.2) is 34.4 Å². The number of aromatic amines is 1. The zero-order valence-electron chi connectivity index (χ0n) is 9.31. The number of rotatable bonds is 1. The van der Waals surface area contributed by atoms with Gasteiger partial charge in [0.2, 0.25) is 0 Å². The topological polar surface area (TPSA) is 37.8 Å². The average Bonchev–Trinajstić information content (AvgIpc) is 2.82. The normalized spacial score (nSPS) is 11.1. The van der Waals surface area contributed by atoms with Crippen molar-refractivity contribution < 1.29 is 0 Å². The van der Waals surface area contributed by atoms with Gasteiger partial charge in [-0.2, -0.15) is 0 Å². The van der Waals surface area contributed by atoms with Crippen molar-refractivity contribution in [3.63, 3.8) is 0 Å². The highest BCUT2D eigenvalue weighted by atomic mass is 35.5. The van der Waals surface area contributed by atoms with Crippen molar-refractivity contribution in [3.8, 4) is 5.69 Å². The lowest BCUT2D eigenvalue weighted by Gasteiger charge is -2.09. The number of nitrogens with zero attached hydrogens (tertiary/aromatic N) is 1. The Kier molecular flexibility index (Phi) is 3.22. The van der Waals surface area contributed by atoms with Crippen LogP contribution in [0.5, 0.6) is 0 Å². The summed E-state index contributed by atoms with van der Waals surface area (Å²) < 4.78 is 2.26. The number of hydrogen-bond acceptors (Lipinski definition) is 3. The summed E-state index contributed by atoms with van der Waals surface area (Å²) in [5.74, 6) is 0. The van der Waals surface area contributed by atoms with Crippen LogP contribution in [0.1, 0.15) is 0 Å². The van der Waals surface area contributed by atoms with Crippen molar-refractivity contribution in [1.82, 2.24) is 9.55 Å². The molecule has 2 heterocycles. The van der Waals surface area contributed by atoms with Crippen LogP contribution >= 0.6 is 46.8 Å². The molecule has 0 amide bonds. The number of aromatic nitrogens is 2. The second-order valence-electron chi connectivity index (χ2n) is 3.81. The van der Waals surface area contributed by atoms with E-state index in [4.69, 9.17) is 35.4 Å². The SMILES string of the molecule is O=c1c2sccc2[nH]c(=S)n1-c1cccc(Cl)c1Cl. The Balaban J connectivity index is 2.46. The Morgan fingerprint density at radius 1 is 1.26 bits per heavy atom. The Morgan fingerprint density at radius 3 is 2.84 bits per heavy atom. The summed E-state index contributed by atoms with van der Waals surface area (Å²) >= 11 is 18.7. The summed E-state index contributed by atoms with van der Waals surface area (Å²) in [5, 5.41) is 2.52. The number of H-pyrrole nitrogens is 1. The van der Waals surface area contributed by atoms with Crippen LogP contribution in [-0.4, -0.2) is 9.55 Å². The van der Waals surface area contributed by atoms with Crippen molar-refractivity contribution in [2.24, 2.45) is 0 Å². The molecule has 0 saturated carbocycles. The highest BCUT2D eigenvalue weighted by Crippen LogP contribution is 2.28. The third-order valence-corrected chi connectivity index (χ3v) is 4.68. The second kappa shape index (κ2) is 4.76. The molecule has 3 rings (SSSR count). The molecule has 0 spiro atoms. The zero-order chi connectivity index (χ0) is 13.6. The molecule has 3 nitrogen and oxygen atoms in total. The molecule has 1 N–H and O–H groups in total. The van der Waals surface area contributed by atoms with Crippen LogP contribution in [0.3, 0.4) is 0 Å². The summed E-state index contributed by atoms with van der Waals surface area (Å²) in [6, 6.07) is 6.91. The van der Waals surface area contributed by atoms with E-state index in [2.05, 4.69) is 4.98 Å². The average molecular weight is 329 g/mol. The highest BCUT2D eigenvalue weighted by Gasteiger charge is 2.12. The first kappa shape index (κ1) is 12.9. The first-order valence-corrected chi connectivity index (χ1v) is 7.31. The molecule has 0 aliphatic carbocycles. The van der Waals surface area contributed by atoms with Crippen molar-refractivity contribution in [2.45, 2.75) is 0 Å². The van der Waals surface area contributed by atoms with Gasteiger partial charge in [-0.25, -0.2) is 0 Å². The molecule has 0 saturated heterocycles. The monoisotopic (exact) mass is 328 g/mol. The molecular formula is C12H6Cl2N2OS2. The molecule has 0 aliphatic heterocycles. The minimum absolute atomic E-state index is 0.196. The number of hydrogen-bond donors (Lipinski definition) is 1. The fraction of sp³-hybridized carbons (Fsp3) is 0. The molecule has 0 atom stereocenters. The van der Waals surface area contributed by atoms with Crippen LogP contribution in [0.2, 0.25) is 10.0 Å². The van der Waals surface area contributed by atoms with Gasteiger partial charge < -0.3 is 4.98 Å². The van der Waals surface area contributed by atoms with E-state index in [0.29, 0.717) is 25.2 Å². The van der Waals surface area contributed by atoms with Crippen molar-refractivity contribution in [3.05, 3.63) is 54.8 Å². The largest absolute Gasteiger partial charge is 0.331 e. The molecule has 96 valence electrons. The number of benzene rings is 1. The minimum atomic E-state index is -0.196. The van der Waals surface area contributed by atoms with E-state index in [-0.39, 0.29) is 5.56 Å². The van der Waals surface area contributed by atoms with E-state index >= 15 is 0 Å². The van der Waals surface area contributed by atoms with E-state index in [9.17, 15) is 4.79 Å². The standard InChI is InChI=1S/C12H6Cl2N2OS2/c13-6-2-1-3-8(9(6)14)16-11(17)10-7(4-5-19-10)15-12(16)18/h1-5H,(H,15,18). The fourth-order valence-corrected chi connectivity index (χ4v) is 3.27. The second-order valence-corrected chi connectivity index (χ2v) is 5.90. The van der Waals surface area contributed by atoms with Crippen LogP contribution in [0, 0.1) is 4.77 Å². The lowest BCUT2D eigenvalue weighted by atomic mass is 10.3. The molecule has 0 fully saturated rings. The van der Waals surface area contributed by atoms with E-state index in [1.165, 1.54) is 15.9 Å². The van der Waals surface area contributed by atoms with Crippen molar-refractivity contribution >= 4 is 57.0 Å². The van der Waals surface area contributed by atoms with Crippen molar-refractivity contribution in [1.29, 1.82) is 0 Å². The molecule has 0 aliphatic rings. The molecule has 0 bridgehead atoms. The van der Waals surface area contributed by atoms with Gasteiger partial charge in [0.15, 0.2) is 4.77 Å². The van der Waals surface area contributed by atoms with E-state index in [1.807, 2.05) is 11.4 Å². The molecule has 7 heteroatoms. The Hall–Kier alpha value is -1.14. The molecule has 19 heavy (non-hydrogen) atoms. The maximum absolute atomic E-state index is 12.5. The van der Waals surface area contributed by atoms with E-state index in [0.717, 1.165) is 5.52 Å². The number of nitrogens with one attached hydrogen (secondary N) is 1. The maximum atomic E-state index is 12.5. The first-order valence-electron chi connectivity index (χ1n) is 5.26. The molecule has 0 unspecified atom stereocenters. The van der Waals surface area contributed by atoms with Crippen LogP contribution < -0.4 is 5.56 Å². The molecule has 2 aromatic heterocycles. The predicted octanol–water partition coefficient (Wildman–Crippen LogP) is 4.42. The van der Waals surface area contributed by atoms with E-state index in [1.54, 1.807) is 18.2 Å². The van der Waals surface area contributed by atoms with Gasteiger partial charge in [-0.05, 0) is 35.8 Å². The fourth-order valence-electron chi connectivity index (χ4n) is 1.82.